The fourth-order valence-electron chi connectivity index (χ4n) is 1.67. The SMILES string of the molecule is c1ccc(CSC[C@@H]2CCNC2)nc1. The standard InChI is InChI=1S/C11H16N2S/c1-2-5-13-11(3-1)9-14-8-10-4-6-12-7-10/h1-3,5,10,12H,4,6-9H2/t10-/m1/s1. The Kier molecular flexibility index (Phi) is 3.83. The summed E-state index contributed by atoms with van der Waals surface area (Å²) in [4.78, 5) is 4.31. The minimum Gasteiger partial charge on any atom is -0.316 e. The molecule has 1 atom stereocenters. The van der Waals surface area contributed by atoms with Gasteiger partial charge in [0.2, 0.25) is 0 Å². The van der Waals surface area contributed by atoms with Crippen LogP contribution in [0.25, 0.3) is 0 Å². The van der Waals surface area contributed by atoms with E-state index in [1.165, 1.54) is 31.0 Å². The van der Waals surface area contributed by atoms with Crippen molar-refractivity contribution in [1.29, 1.82) is 0 Å². The van der Waals surface area contributed by atoms with Gasteiger partial charge in [-0.3, -0.25) is 4.98 Å². The number of hydrogen-bond donors (Lipinski definition) is 1. The second-order valence-electron chi connectivity index (χ2n) is 3.70. The first kappa shape index (κ1) is 9.99. The summed E-state index contributed by atoms with van der Waals surface area (Å²) in [6.45, 7) is 2.41. The molecule has 1 aromatic rings. The molecule has 0 bridgehead atoms. The lowest BCUT2D eigenvalue weighted by molar-refractivity contribution is 0.662. The number of nitrogens with one attached hydrogen (secondary N) is 1. The van der Waals surface area contributed by atoms with E-state index in [1.807, 2.05) is 24.0 Å². The molecule has 0 radical (unpaired) electrons. The van der Waals surface area contributed by atoms with Crippen molar-refractivity contribution in [3.05, 3.63) is 30.1 Å². The Balaban J connectivity index is 1.67. The van der Waals surface area contributed by atoms with E-state index < -0.39 is 0 Å². The maximum Gasteiger partial charge on any atom is 0.0502 e. The van der Waals surface area contributed by atoms with E-state index in [0.717, 1.165) is 11.7 Å². The minimum atomic E-state index is 0.878. The summed E-state index contributed by atoms with van der Waals surface area (Å²) < 4.78 is 0. The molecule has 2 nitrogen and oxygen atoms in total. The molecule has 14 heavy (non-hydrogen) atoms. The van der Waals surface area contributed by atoms with Crippen LogP contribution in [-0.4, -0.2) is 23.8 Å². The molecular weight excluding hydrogens is 192 g/mol. The monoisotopic (exact) mass is 208 g/mol. The predicted molar refractivity (Wildman–Crippen MR) is 61.4 cm³/mol. The lowest BCUT2D eigenvalue weighted by atomic mass is 10.2. The number of nitrogens with zero attached hydrogens (tertiary/aromatic N) is 1. The molecule has 0 aliphatic carbocycles. The molecule has 1 aliphatic heterocycles. The maximum atomic E-state index is 4.31. The van der Waals surface area contributed by atoms with E-state index in [0.29, 0.717) is 0 Å². The molecular formula is C11H16N2S. The first-order chi connectivity index (χ1) is 6.95. The van der Waals surface area contributed by atoms with E-state index in [-0.39, 0.29) is 0 Å². The lowest BCUT2D eigenvalue weighted by Gasteiger charge is -2.06. The van der Waals surface area contributed by atoms with Crippen LogP contribution in [0.4, 0.5) is 0 Å². The van der Waals surface area contributed by atoms with Gasteiger partial charge in [-0.05, 0) is 43.3 Å². The van der Waals surface area contributed by atoms with E-state index >= 15 is 0 Å². The quantitative estimate of drug-likeness (QED) is 0.818. The van der Waals surface area contributed by atoms with Crippen LogP contribution < -0.4 is 5.32 Å². The molecule has 2 heterocycles. The predicted octanol–water partition coefficient (Wildman–Crippen LogP) is 1.92. The van der Waals surface area contributed by atoms with Gasteiger partial charge in [-0.2, -0.15) is 11.8 Å². The summed E-state index contributed by atoms with van der Waals surface area (Å²) in [5.74, 6) is 3.20. The Morgan fingerprint density at radius 3 is 3.21 bits per heavy atom. The molecule has 3 heteroatoms. The van der Waals surface area contributed by atoms with Gasteiger partial charge in [-0.25, -0.2) is 0 Å². The highest BCUT2D eigenvalue weighted by atomic mass is 32.2. The first-order valence-electron chi connectivity index (χ1n) is 5.13. The van der Waals surface area contributed by atoms with Crippen molar-refractivity contribution >= 4 is 11.8 Å². The van der Waals surface area contributed by atoms with Crippen LogP contribution in [-0.2, 0) is 5.75 Å². The summed E-state index contributed by atoms with van der Waals surface area (Å²) in [6.07, 6.45) is 3.21. The molecule has 0 amide bonds. The lowest BCUT2D eigenvalue weighted by Crippen LogP contribution is -2.10. The molecule has 0 aromatic carbocycles. The van der Waals surface area contributed by atoms with Gasteiger partial charge in [0.05, 0.1) is 5.69 Å². The average molecular weight is 208 g/mol. The van der Waals surface area contributed by atoms with Crippen molar-refractivity contribution in [3.8, 4) is 0 Å². The summed E-state index contributed by atoms with van der Waals surface area (Å²) in [6, 6.07) is 6.12. The Bertz CT molecular complexity index is 257. The zero-order chi connectivity index (χ0) is 9.64. The van der Waals surface area contributed by atoms with Crippen LogP contribution in [0.5, 0.6) is 0 Å². The zero-order valence-electron chi connectivity index (χ0n) is 8.28. The third-order valence-corrected chi connectivity index (χ3v) is 3.70. The van der Waals surface area contributed by atoms with Crippen LogP contribution >= 0.6 is 11.8 Å². The molecule has 1 N–H and O–H groups in total. The van der Waals surface area contributed by atoms with E-state index in [1.54, 1.807) is 0 Å². The van der Waals surface area contributed by atoms with Crippen molar-refractivity contribution < 1.29 is 0 Å². The van der Waals surface area contributed by atoms with Crippen LogP contribution in [0.15, 0.2) is 24.4 Å². The van der Waals surface area contributed by atoms with Gasteiger partial charge in [0.25, 0.3) is 0 Å². The summed E-state index contributed by atoms with van der Waals surface area (Å²) in [5.41, 5.74) is 1.20. The normalized spacial score (nSPS) is 21.3. The highest BCUT2D eigenvalue weighted by molar-refractivity contribution is 7.98. The van der Waals surface area contributed by atoms with Crippen molar-refractivity contribution in [3.63, 3.8) is 0 Å². The van der Waals surface area contributed by atoms with Crippen LogP contribution in [0, 0.1) is 5.92 Å². The van der Waals surface area contributed by atoms with Crippen molar-refractivity contribution in [1.82, 2.24) is 10.3 Å². The van der Waals surface area contributed by atoms with Gasteiger partial charge in [0, 0.05) is 11.9 Å². The molecule has 76 valence electrons. The molecule has 0 unspecified atom stereocenters. The summed E-state index contributed by atoms with van der Waals surface area (Å²) in [7, 11) is 0. The molecule has 2 rings (SSSR count). The van der Waals surface area contributed by atoms with Crippen LogP contribution in [0.3, 0.4) is 0 Å². The minimum absolute atomic E-state index is 0.878. The van der Waals surface area contributed by atoms with E-state index in [4.69, 9.17) is 0 Å². The van der Waals surface area contributed by atoms with Crippen LogP contribution in [0.2, 0.25) is 0 Å². The highest BCUT2D eigenvalue weighted by Gasteiger charge is 2.13. The Morgan fingerprint density at radius 1 is 1.50 bits per heavy atom. The molecule has 1 saturated heterocycles. The zero-order valence-corrected chi connectivity index (χ0v) is 9.09. The van der Waals surface area contributed by atoms with Crippen molar-refractivity contribution in [2.24, 2.45) is 5.92 Å². The van der Waals surface area contributed by atoms with E-state index in [9.17, 15) is 0 Å². The second-order valence-corrected chi connectivity index (χ2v) is 4.73. The fraction of sp³-hybridized carbons (Fsp3) is 0.545. The molecule has 1 aromatic heterocycles. The number of pyridine rings is 1. The van der Waals surface area contributed by atoms with Gasteiger partial charge >= 0.3 is 0 Å². The maximum absolute atomic E-state index is 4.31. The Hall–Kier alpha value is -0.540. The van der Waals surface area contributed by atoms with Crippen LogP contribution in [0.1, 0.15) is 12.1 Å². The van der Waals surface area contributed by atoms with Gasteiger partial charge in [-0.1, -0.05) is 6.07 Å². The first-order valence-corrected chi connectivity index (χ1v) is 6.29. The second kappa shape index (κ2) is 5.37. The molecule has 0 saturated carbocycles. The Morgan fingerprint density at radius 2 is 2.50 bits per heavy atom. The summed E-state index contributed by atoms with van der Waals surface area (Å²) in [5, 5.41) is 3.39. The topological polar surface area (TPSA) is 24.9 Å². The van der Waals surface area contributed by atoms with Gasteiger partial charge in [0.1, 0.15) is 0 Å². The number of rotatable bonds is 4. The molecule has 1 aliphatic rings. The Labute approximate surface area is 89.5 Å². The van der Waals surface area contributed by atoms with Crippen molar-refractivity contribution in [2.45, 2.75) is 12.2 Å². The van der Waals surface area contributed by atoms with E-state index in [2.05, 4.69) is 22.4 Å². The van der Waals surface area contributed by atoms with Gasteiger partial charge < -0.3 is 5.32 Å². The third kappa shape index (κ3) is 3.00. The van der Waals surface area contributed by atoms with Gasteiger partial charge in [0.15, 0.2) is 0 Å². The number of hydrogen-bond acceptors (Lipinski definition) is 3. The molecule has 0 spiro atoms. The smallest absolute Gasteiger partial charge is 0.0502 e. The number of aromatic nitrogens is 1. The highest BCUT2D eigenvalue weighted by Crippen LogP contribution is 2.17. The average Bonchev–Trinajstić information content (AvgIpc) is 2.72. The molecule has 1 fully saturated rings. The number of thioether (sulfide) groups is 1. The van der Waals surface area contributed by atoms with Gasteiger partial charge in [-0.15, -0.1) is 0 Å². The van der Waals surface area contributed by atoms with Crippen molar-refractivity contribution in [2.75, 3.05) is 18.8 Å². The third-order valence-electron chi connectivity index (χ3n) is 2.49. The summed E-state index contributed by atoms with van der Waals surface area (Å²) >= 11 is 2.00. The fourth-order valence-corrected chi connectivity index (χ4v) is 2.79. The largest absolute Gasteiger partial charge is 0.316 e.